The maximum atomic E-state index is 12.6. The normalized spacial score (nSPS) is 22.8. The number of amides is 3. The molecule has 0 bridgehead atoms. The molecule has 0 aliphatic carbocycles. The first-order chi connectivity index (χ1) is 12.4. The van der Waals surface area contributed by atoms with Crippen molar-refractivity contribution in [2.45, 2.75) is 44.1 Å². The molecule has 4 rings (SSSR count). The number of halogens is 2. The molecule has 1 aromatic heterocycles. The van der Waals surface area contributed by atoms with Crippen LogP contribution in [0.1, 0.15) is 43.5 Å². The molecule has 142 valence electrons. The van der Waals surface area contributed by atoms with E-state index in [2.05, 4.69) is 15.5 Å². The van der Waals surface area contributed by atoms with E-state index in [0.717, 1.165) is 19.3 Å². The van der Waals surface area contributed by atoms with E-state index in [1.807, 2.05) is 4.90 Å². The molecule has 7 nitrogen and oxygen atoms in total. The predicted molar refractivity (Wildman–Crippen MR) is 88.6 cm³/mol. The summed E-state index contributed by atoms with van der Waals surface area (Å²) in [6.07, 6.45) is 1.18. The van der Waals surface area contributed by atoms with Gasteiger partial charge < -0.3 is 15.1 Å². The van der Waals surface area contributed by atoms with E-state index in [0.29, 0.717) is 50.6 Å². The van der Waals surface area contributed by atoms with Gasteiger partial charge in [0.25, 0.3) is 6.43 Å². The quantitative estimate of drug-likeness (QED) is 0.853. The van der Waals surface area contributed by atoms with Crippen LogP contribution in [0.3, 0.4) is 0 Å². The third kappa shape index (κ3) is 3.26. The lowest BCUT2D eigenvalue weighted by atomic mass is 9.88. The van der Waals surface area contributed by atoms with Crippen molar-refractivity contribution in [2.24, 2.45) is 5.92 Å². The second-order valence-corrected chi connectivity index (χ2v) is 7.72. The molecule has 3 saturated heterocycles. The fourth-order valence-corrected chi connectivity index (χ4v) is 4.25. The van der Waals surface area contributed by atoms with Crippen LogP contribution < -0.4 is 5.32 Å². The molecule has 26 heavy (non-hydrogen) atoms. The van der Waals surface area contributed by atoms with E-state index in [9.17, 15) is 18.4 Å². The second kappa shape index (κ2) is 6.51. The van der Waals surface area contributed by atoms with Crippen LogP contribution in [-0.4, -0.2) is 63.7 Å². The van der Waals surface area contributed by atoms with Crippen molar-refractivity contribution in [3.8, 4) is 0 Å². The monoisotopic (exact) mass is 367 g/mol. The molecule has 3 amide bonds. The van der Waals surface area contributed by atoms with Gasteiger partial charge in [-0.3, -0.25) is 9.89 Å². The highest BCUT2D eigenvalue weighted by Crippen LogP contribution is 2.32. The number of piperidine rings is 1. The van der Waals surface area contributed by atoms with Gasteiger partial charge in [-0.25, -0.2) is 13.6 Å². The van der Waals surface area contributed by atoms with E-state index in [4.69, 9.17) is 0 Å². The number of rotatable bonds is 3. The van der Waals surface area contributed by atoms with Crippen molar-refractivity contribution in [1.29, 1.82) is 0 Å². The van der Waals surface area contributed by atoms with Gasteiger partial charge in [-0.15, -0.1) is 0 Å². The van der Waals surface area contributed by atoms with E-state index >= 15 is 0 Å². The third-order valence-electron chi connectivity index (χ3n) is 5.76. The lowest BCUT2D eigenvalue weighted by Crippen LogP contribution is -2.70. The Balaban J connectivity index is 1.23. The highest BCUT2D eigenvalue weighted by Gasteiger charge is 2.50. The number of H-pyrrole nitrogens is 1. The van der Waals surface area contributed by atoms with Crippen molar-refractivity contribution >= 4 is 11.9 Å². The molecule has 2 N–H and O–H groups in total. The molecule has 0 radical (unpaired) electrons. The average Bonchev–Trinajstić information content (AvgIpc) is 3.20. The van der Waals surface area contributed by atoms with Crippen molar-refractivity contribution in [3.63, 3.8) is 0 Å². The zero-order valence-electron chi connectivity index (χ0n) is 14.5. The van der Waals surface area contributed by atoms with Gasteiger partial charge in [0, 0.05) is 32.6 Å². The summed E-state index contributed by atoms with van der Waals surface area (Å²) < 4.78 is 25.2. The average molecular weight is 367 g/mol. The van der Waals surface area contributed by atoms with Gasteiger partial charge in [0.2, 0.25) is 5.91 Å². The molecule has 0 unspecified atom stereocenters. The standard InChI is InChI=1S/C17H23F2N5O2/c18-15(19)13-8-12(21-22-13)7-11-2-5-23(6-3-11)16(26)24-9-17(10-24)4-1-14(25)20-17/h8,11,15H,1-7,9-10H2,(H,20,25)(H,21,22). The Morgan fingerprint density at radius 2 is 2.04 bits per heavy atom. The first-order valence-electron chi connectivity index (χ1n) is 9.11. The number of carbonyl (C=O) groups is 2. The zero-order chi connectivity index (χ0) is 18.3. The molecule has 3 aliphatic rings. The van der Waals surface area contributed by atoms with Crippen LogP contribution in [-0.2, 0) is 11.2 Å². The molecule has 3 fully saturated rings. The molecule has 1 aromatic rings. The Morgan fingerprint density at radius 1 is 1.31 bits per heavy atom. The highest BCUT2D eigenvalue weighted by molar-refractivity contribution is 5.82. The van der Waals surface area contributed by atoms with E-state index < -0.39 is 6.43 Å². The summed E-state index contributed by atoms with van der Waals surface area (Å²) >= 11 is 0. The van der Waals surface area contributed by atoms with Crippen molar-refractivity contribution < 1.29 is 18.4 Å². The van der Waals surface area contributed by atoms with Gasteiger partial charge in [0.15, 0.2) is 0 Å². The SMILES string of the molecule is O=C1CCC2(CN(C(=O)N3CCC(Cc4cc(C(F)F)[nH]n4)CC3)C2)N1. The molecular weight excluding hydrogens is 344 g/mol. The number of aromatic nitrogens is 2. The summed E-state index contributed by atoms with van der Waals surface area (Å²) in [6, 6.07) is 1.47. The summed E-state index contributed by atoms with van der Waals surface area (Å²) in [7, 11) is 0. The molecular formula is C17H23F2N5O2. The molecule has 0 atom stereocenters. The smallest absolute Gasteiger partial charge is 0.320 e. The minimum absolute atomic E-state index is 0.0370. The summed E-state index contributed by atoms with van der Waals surface area (Å²) in [4.78, 5) is 27.6. The number of urea groups is 1. The Labute approximate surface area is 150 Å². The number of hydrogen-bond donors (Lipinski definition) is 2. The van der Waals surface area contributed by atoms with Crippen LogP contribution in [0.2, 0.25) is 0 Å². The Kier molecular flexibility index (Phi) is 4.32. The zero-order valence-corrected chi connectivity index (χ0v) is 14.5. The number of likely N-dealkylation sites (tertiary alicyclic amines) is 2. The highest BCUT2D eigenvalue weighted by atomic mass is 19.3. The molecule has 4 heterocycles. The van der Waals surface area contributed by atoms with Crippen LogP contribution in [0.25, 0.3) is 0 Å². The summed E-state index contributed by atoms with van der Waals surface area (Å²) in [5.74, 6) is 0.427. The van der Waals surface area contributed by atoms with Crippen LogP contribution in [0, 0.1) is 5.92 Å². The molecule has 1 spiro atoms. The number of alkyl halides is 2. The van der Waals surface area contributed by atoms with Crippen molar-refractivity contribution in [2.75, 3.05) is 26.2 Å². The van der Waals surface area contributed by atoms with Crippen LogP contribution in [0.15, 0.2) is 6.07 Å². The third-order valence-corrected chi connectivity index (χ3v) is 5.76. The molecule has 9 heteroatoms. The number of nitrogens with one attached hydrogen (secondary N) is 2. The fourth-order valence-electron chi connectivity index (χ4n) is 4.25. The Hall–Kier alpha value is -2.19. The van der Waals surface area contributed by atoms with Crippen molar-refractivity contribution in [3.05, 3.63) is 17.5 Å². The number of carbonyl (C=O) groups excluding carboxylic acids is 2. The van der Waals surface area contributed by atoms with Crippen LogP contribution in [0.4, 0.5) is 13.6 Å². The van der Waals surface area contributed by atoms with Gasteiger partial charge in [0.05, 0.1) is 11.2 Å². The maximum absolute atomic E-state index is 12.6. The molecule has 0 saturated carbocycles. The lowest BCUT2D eigenvalue weighted by molar-refractivity contribution is -0.120. The molecule has 0 aromatic carbocycles. The summed E-state index contributed by atoms with van der Waals surface area (Å²) in [5.41, 5.74) is 0.332. The second-order valence-electron chi connectivity index (χ2n) is 7.72. The minimum atomic E-state index is -2.53. The number of hydrogen-bond acceptors (Lipinski definition) is 3. The minimum Gasteiger partial charge on any atom is -0.347 e. The van der Waals surface area contributed by atoms with Gasteiger partial charge >= 0.3 is 6.03 Å². The van der Waals surface area contributed by atoms with Crippen LogP contribution >= 0.6 is 0 Å². The Morgan fingerprint density at radius 3 is 2.62 bits per heavy atom. The maximum Gasteiger partial charge on any atom is 0.320 e. The van der Waals surface area contributed by atoms with E-state index in [1.54, 1.807) is 4.90 Å². The first kappa shape index (κ1) is 17.2. The fraction of sp³-hybridized carbons (Fsp3) is 0.706. The lowest BCUT2D eigenvalue weighted by Gasteiger charge is -2.49. The summed E-state index contributed by atoms with van der Waals surface area (Å²) in [5, 5.41) is 9.32. The van der Waals surface area contributed by atoms with Gasteiger partial charge in [-0.1, -0.05) is 0 Å². The topological polar surface area (TPSA) is 81.3 Å². The van der Waals surface area contributed by atoms with E-state index in [1.165, 1.54) is 6.07 Å². The number of nitrogens with zero attached hydrogens (tertiary/aromatic N) is 3. The number of aromatic amines is 1. The van der Waals surface area contributed by atoms with E-state index in [-0.39, 0.29) is 23.2 Å². The van der Waals surface area contributed by atoms with Crippen molar-refractivity contribution in [1.82, 2.24) is 25.3 Å². The first-order valence-corrected chi connectivity index (χ1v) is 9.11. The van der Waals surface area contributed by atoms with Gasteiger partial charge in [-0.05, 0) is 37.7 Å². The van der Waals surface area contributed by atoms with Gasteiger partial charge in [0.1, 0.15) is 5.69 Å². The van der Waals surface area contributed by atoms with Crippen LogP contribution in [0.5, 0.6) is 0 Å². The predicted octanol–water partition coefficient (Wildman–Crippen LogP) is 1.69. The Bertz CT molecular complexity index is 693. The summed E-state index contributed by atoms with van der Waals surface area (Å²) in [6.45, 7) is 2.54. The molecule has 3 aliphatic heterocycles. The largest absolute Gasteiger partial charge is 0.347 e. The van der Waals surface area contributed by atoms with Gasteiger partial charge in [-0.2, -0.15) is 5.10 Å².